The lowest BCUT2D eigenvalue weighted by Crippen LogP contribution is -2.43. The monoisotopic (exact) mass is 632 g/mol. The van der Waals surface area contributed by atoms with Gasteiger partial charge in [-0.3, -0.25) is 9.78 Å². The molecule has 2 aromatic rings. The van der Waals surface area contributed by atoms with Crippen molar-refractivity contribution in [3.05, 3.63) is 122 Å². The molecule has 8 heteroatoms. The van der Waals surface area contributed by atoms with Crippen LogP contribution in [0.4, 0.5) is 0 Å². The maximum atomic E-state index is 12.8. The van der Waals surface area contributed by atoms with Crippen LogP contribution < -0.4 is 10.4 Å². The highest BCUT2D eigenvalue weighted by Gasteiger charge is 2.28. The Morgan fingerprint density at radius 2 is 0.955 bits per heavy atom. The van der Waals surface area contributed by atoms with Gasteiger partial charge in [-0.05, 0) is 42.8 Å². The van der Waals surface area contributed by atoms with Gasteiger partial charge in [-0.25, -0.2) is 9.59 Å². The third-order valence-electron chi connectivity index (χ3n) is 8.24. The Balaban J connectivity index is 2.04. The first-order valence-corrected chi connectivity index (χ1v) is 20.2. The quantitative estimate of drug-likeness (QED) is 0.0563. The van der Waals surface area contributed by atoms with E-state index in [0.717, 1.165) is 61.0 Å². The van der Waals surface area contributed by atoms with E-state index in [2.05, 4.69) is 47.1 Å². The Kier molecular flexibility index (Phi) is 16.1. The summed E-state index contributed by atoms with van der Waals surface area (Å²) in [6, 6.07) is 16.2. The van der Waals surface area contributed by atoms with Crippen molar-refractivity contribution < 1.29 is 29.1 Å². The Morgan fingerprint density at radius 1 is 0.591 bits per heavy atom. The number of hydrogen-bond donors (Lipinski definition) is 0. The Morgan fingerprint density at radius 3 is 1.30 bits per heavy atom. The van der Waals surface area contributed by atoms with E-state index in [4.69, 9.17) is 19.6 Å². The predicted molar refractivity (Wildman–Crippen MR) is 184 cm³/mol. The van der Waals surface area contributed by atoms with Gasteiger partial charge < -0.3 is 0 Å². The molecule has 6 nitrogen and oxygen atoms in total. The van der Waals surface area contributed by atoms with Crippen molar-refractivity contribution in [1.29, 1.82) is 0 Å². The zero-order chi connectivity index (χ0) is 32.4. The Hall–Kier alpha value is -3.31. The molecule has 2 radical (unpaired) electrons. The summed E-state index contributed by atoms with van der Waals surface area (Å²) < 4.78 is 0. The first kappa shape index (κ1) is 36.9. The first-order chi connectivity index (χ1) is 21.3. The molecule has 0 atom stereocenters. The summed E-state index contributed by atoms with van der Waals surface area (Å²) in [7, 11) is -4.05. The number of carbonyl (C=O) groups excluding carboxylic acids is 2. The van der Waals surface area contributed by atoms with Crippen molar-refractivity contribution >= 4 is 38.5 Å². The molecule has 0 saturated carbocycles. The molecule has 0 aliphatic carbocycles. The fraction of sp³-hybridized carbons (Fsp3) is 0.333. The van der Waals surface area contributed by atoms with Crippen LogP contribution in [0.25, 0.3) is 0 Å². The summed E-state index contributed by atoms with van der Waals surface area (Å²) in [6.45, 7) is 24.1. The molecule has 0 aliphatic heterocycles. The van der Waals surface area contributed by atoms with Crippen LogP contribution in [0.2, 0.25) is 12.1 Å². The Bertz CT molecular complexity index is 1120. The van der Waals surface area contributed by atoms with Gasteiger partial charge in [0.1, 0.15) is 16.1 Å². The minimum absolute atomic E-state index is 0.107. The molecule has 0 aliphatic rings. The van der Waals surface area contributed by atoms with Gasteiger partial charge in [-0.2, -0.15) is 0 Å². The van der Waals surface area contributed by atoms with Gasteiger partial charge in [0, 0.05) is 6.42 Å². The van der Waals surface area contributed by atoms with E-state index in [-0.39, 0.29) is 6.29 Å². The van der Waals surface area contributed by atoms with Crippen LogP contribution in [0.1, 0.15) is 85.9 Å². The molecule has 0 spiro atoms. The average Bonchev–Trinajstić information content (AvgIpc) is 3.07. The van der Waals surface area contributed by atoms with E-state index in [1.54, 1.807) is 24.3 Å². The SMILES string of the molecule is [CH2]CCCCCCCC[C](OOC(=O)c1ccc([Si](C=C)(C=C)CC)cc1)OOC(=O)c1ccc([Si](C=C)(C=C)CC)cc1. The average molecular weight is 633 g/mol. The molecule has 2 aromatic carbocycles. The largest absolute Gasteiger partial charge is 0.373 e. The fourth-order valence-corrected chi connectivity index (χ4v) is 9.79. The van der Waals surface area contributed by atoms with Crippen LogP contribution in [-0.4, -0.2) is 28.1 Å². The van der Waals surface area contributed by atoms with Crippen molar-refractivity contribution in [2.45, 2.75) is 77.3 Å². The lowest BCUT2D eigenvalue weighted by Gasteiger charge is -2.23. The van der Waals surface area contributed by atoms with Gasteiger partial charge >= 0.3 is 18.2 Å². The smallest absolute Gasteiger partial charge is 0.289 e. The minimum atomic E-state index is -2.02. The summed E-state index contributed by atoms with van der Waals surface area (Å²) >= 11 is 0. The normalized spacial score (nSPS) is 11.5. The fourth-order valence-electron chi connectivity index (χ4n) is 4.97. The Labute approximate surface area is 266 Å². The molecule has 0 unspecified atom stereocenters. The van der Waals surface area contributed by atoms with E-state index in [1.807, 2.05) is 47.1 Å². The molecule has 44 heavy (non-hydrogen) atoms. The van der Waals surface area contributed by atoms with Crippen LogP contribution >= 0.6 is 0 Å². The third-order valence-corrected chi connectivity index (χ3v) is 16.3. The number of rotatable bonds is 22. The van der Waals surface area contributed by atoms with Gasteiger partial charge in [-0.15, -0.1) is 36.1 Å². The summed E-state index contributed by atoms with van der Waals surface area (Å²) in [5, 5.41) is 2.20. The van der Waals surface area contributed by atoms with Crippen LogP contribution in [0, 0.1) is 13.2 Å². The van der Waals surface area contributed by atoms with Crippen molar-refractivity contribution in [2.24, 2.45) is 0 Å². The van der Waals surface area contributed by atoms with Gasteiger partial charge in [-0.1, -0.05) is 117 Å². The van der Waals surface area contributed by atoms with Gasteiger partial charge in [0.25, 0.3) is 0 Å². The molecule has 0 N–H and O–H groups in total. The number of benzene rings is 2. The van der Waals surface area contributed by atoms with Crippen molar-refractivity contribution in [3.8, 4) is 0 Å². The molecular weight excluding hydrogens is 585 g/mol. The molecule has 0 amide bonds. The van der Waals surface area contributed by atoms with Crippen molar-refractivity contribution in [2.75, 3.05) is 0 Å². The number of unbranched alkanes of at least 4 members (excludes halogenated alkanes) is 6. The lowest BCUT2D eigenvalue weighted by atomic mass is 10.1. The highest BCUT2D eigenvalue weighted by Crippen LogP contribution is 2.20. The topological polar surface area (TPSA) is 71.1 Å². The second kappa shape index (κ2) is 19.2. The third kappa shape index (κ3) is 10.1. The van der Waals surface area contributed by atoms with E-state index >= 15 is 0 Å². The first-order valence-electron chi connectivity index (χ1n) is 15.5. The summed E-state index contributed by atoms with van der Waals surface area (Å²) in [5.41, 5.74) is 8.55. The highest BCUT2D eigenvalue weighted by molar-refractivity contribution is 7.00. The summed E-state index contributed by atoms with van der Waals surface area (Å²) in [6.07, 6.45) is 7.16. The number of hydrogen-bond acceptors (Lipinski definition) is 6. The summed E-state index contributed by atoms with van der Waals surface area (Å²) in [5.74, 6) is -1.39. The van der Waals surface area contributed by atoms with Gasteiger partial charge in [0.2, 0.25) is 0 Å². The van der Waals surface area contributed by atoms with E-state index in [9.17, 15) is 9.59 Å². The van der Waals surface area contributed by atoms with Crippen LogP contribution in [0.15, 0.2) is 97.6 Å². The van der Waals surface area contributed by atoms with E-state index in [0.29, 0.717) is 24.0 Å². The maximum absolute atomic E-state index is 12.8. The molecule has 0 heterocycles. The molecule has 0 saturated heterocycles. The second-order valence-electron chi connectivity index (χ2n) is 10.8. The van der Waals surface area contributed by atoms with Crippen molar-refractivity contribution in [1.82, 2.24) is 0 Å². The molecule has 0 bridgehead atoms. The maximum Gasteiger partial charge on any atom is 0.373 e. The minimum Gasteiger partial charge on any atom is -0.289 e. The predicted octanol–water partition coefficient (Wildman–Crippen LogP) is 8.26. The van der Waals surface area contributed by atoms with Crippen LogP contribution in [-0.2, 0) is 19.6 Å². The molecule has 0 aromatic heterocycles. The molecule has 236 valence electrons. The van der Waals surface area contributed by atoms with E-state index < -0.39 is 28.1 Å². The van der Waals surface area contributed by atoms with Crippen LogP contribution in [0.3, 0.4) is 0 Å². The molecule has 0 fully saturated rings. The second-order valence-corrected chi connectivity index (χ2v) is 19.1. The molecule has 2 rings (SSSR count). The van der Waals surface area contributed by atoms with Gasteiger partial charge in [0.15, 0.2) is 0 Å². The van der Waals surface area contributed by atoms with E-state index in [1.165, 1.54) is 0 Å². The summed E-state index contributed by atoms with van der Waals surface area (Å²) in [4.78, 5) is 46.3. The lowest BCUT2D eigenvalue weighted by molar-refractivity contribution is -0.363. The van der Waals surface area contributed by atoms with Crippen LogP contribution in [0.5, 0.6) is 0 Å². The zero-order valence-electron chi connectivity index (χ0n) is 26.5. The van der Waals surface area contributed by atoms with Gasteiger partial charge in [0.05, 0.1) is 11.1 Å². The zero-order valence-corrected chi connectivity index (χ0v) is 28.5. The van der Waals surface area contributed by atoms with Crippen molar-refractivity contribution in [3.63, 3.8) is 0 Å². The standard InChI is InChI=1S/C36H48O6Si2/c1-8-15-16-17-18-19-20-21-34(39-41-35(37)30-22-26-32(27-23-30)43(9-2,10-3)11-4)40-42-36(38)31-24-28-33(29-25-31)44(12-5,13-6)14-7/h9-10,12-13,22-29H,1-3,5-6,8,11,14-21H2,4,7H3. The highest BCUT2D eigenvalue weighted by atomic mass is 28.3. The molecular formula is C36H48O6Si2. The number of carbonyl (C=O) groups is 2.